The van der Waals surface area contributed by atoms with Crippen LogP contribution >= 0.6 is 0 Å². The molecule has 0 saturated heterocycles. The van der Waals surface area contributed by atoms with E-state index < -0.39 is 11.9 Å². The normalized spacial score (nSPS) is 10.0. The van der Waals surface area contributed by atoms with Crippen LogP contribution in [0.15, 0.2) is 24.3 Å². The standard InChI is InChI=1S/C10H14O4.8C10H22/c1-7(2)9(11)13-5-6-14-10(12)8(3)4;8*1-3-5-7-9-10-8-6-4-2/h1,3,5-6H2,2,4H3;8*3-10H2,1-2H3. The summed E-state index contributed by atoms with van der Waals surface area (Å²) in [4.78, 5) is 21.7. The lowest BCUT2D eigenvalue weighted by atomic mass is 10.1. The molecule has 0 aromatic rings. The SMILES string of the molecule is C=C(C)C(=O)OCCOC(=O)C(=C)C.CCCCCCCCCC.CCCCCCCCCC.CCCCCCCCCC.CCCCCCCCCC.CCCCCCCCCC.CCCCCCCCCC.CCCCCCCCCC.CCCCCCCCCC. The van der Waals surface area contributed by atoms with E-state index in [0.717, 1.165) is 0 Å². The van der Waals surface area contributed by atoms with Gasteiger partial charge in [0.25, 0.3) is 0 Å². The third-order valence-corrected chi connectivity index (χ3v) is 16.9. The van der Waals surface area contributed by atoms with Gasteiger partial charge in [0.15, 0.2) is 0 Å². The zero-order valence-corrected chi connectivity index (χ0v) is 69.7. The zero-order chi connectivity index (χ0) is 72.4. The Labute approximate surface area is 600 Å². The summed E-state index contributed by atoms with van der Waals surface area (Å²) >= 11 is 0. The third-order valence-electron chi connectivity index (χ3n) is 16.9. The minimum Gasteiger partial charge on any atom is -0.459 e. The van der Waals surface area contributed by atoms with Gasteiger partial charge in [-0.3, -0.25) is 0 Å². The molecule has 0 rings (SSSR count). The molecule has 0 spiro atoms. The second-order valence-electron chi connectivity index (χ2n) is 27.8. The van der Waals surface area contributed by atoms with E-state index in [1.165, 1.54) is 411 Å². The van der Waals surface area contributed by atoms with Crippen LogP contribution in [0.5, 0.6) is 0 Å². The third kappa shape index (κ3) is 150. The first-order chi connectivity index (χ1) is 45.8. The molecule has 0 aromatic carbocycles. The van der Waals surface area contributed by atoms with Gasteiger partial charge < -0.3 is 9.47 Å². The molecule has 0 aromatic heterocycles. The minimum atomic E-state index is -0.489. The van der Waals surface area contributed by atoms with E-state index in [1.807, 2.05) is 0 Å². The number of carbonyl (C=O) groups excluding carboxylic acids is 2. The number of rotatable bonds is 61. The Balaban J connectivity index is -0.000000124. The molecule has 0 aliphatic heterocycles. The Morgan fingerprint density at radius 3 is 0.309 bits per heavy atom. The maximum Gasteiger partial charge on any atom is 0.333 e. The predicted octanol–water partition coefficient (Wildman–Crippen LogP) is 34.4. The van der Waals surface area contributed by atoms with Gasteiger partial charge in [0, 0.05) is 11.1 Å². The molecule has 4 heteroatoms. The molecule has 0 saturated carbocycles. The monoisotopic (exact) mass is 1340 g/mol. The van der Waals surface area contributed by atoms with Crippen LogP contribution in [-0.4, -0.2) is 25.2 Å². The molecule has 4 nitrogen and oxygen atoms in total. The summed E-state index contributed by atoms with van der Waals surface area (Å²) in [5, 5.41) is 0. The molecule has 0 aliphatic rings. The summed E-state index contributed by atoms with van der Waals surface area (Å²) in [6, 6.07) is 0. The van der Waals surface area contributed by atoms with Crippen LogP contribution < -0.4 is 0 Å². The minimum absolute atomic E-state index is 0.0325. The van der Waals surface area contributed by atoms with Crippen LogP contribution in [0.2, 0.25) is 0 Å². The predicted molar refractivity (Wildman–Crippen MR) is 438 cm³/mol. The van der Waals surface area contributed by atoms with Crippen LogP contribution in [-0.2, 0) is 19.1 Å². The summed E-state index contributed by atoms with van der Waals surface area (Å²) < 4.78 is 9.38. The van der Waals surface area contributed by atoms with Crippen molar-refractivity contribution in [2.24, 2.45) is 0 Å². The molecular weight excluding hydrogens is 1140 g/mol. The summed E-state index contributed by atoms with van der Waals surface area (Å²) in [7, 11) is 0. The number of hydrogen-bond acceptors (Lipinski definition) is 4. The van der Waals surface area contributed by atoms with E-state index in [1.54, 1.807) is 13.8 Å². The van der Waals surface area contributed by atoms with Crippen LogP contribution in [0, 0.1) is 0 Å². The van der Waals surface area contributed by atoms with Gasteiger partial charge in [-0.2, -0.15) is 0 Å². The van der Waals surface area contributed by atoms with E-state index in [4.69, 9.17) is 0 Å². The van der Waals surface area contributed by atoms with Crippen molar-refractivity contribution in [2.45, 2.75) is 536 Å². The van der Waals surface area contributed by atoms with Crippen LogP contribution in [0.4, 0.5) is 0 Å². The molecule has 0 atom stereocenters. The number of esters is 2. The maximum absolute atomic E-state index is 10.8. The highest BCUT2D eigenvalue weighted by Crippen LogP contribution is 2.14. The van der Waals surface area contributed by atoms with Crippen molar-refractivity contribution in [2.75, 3.05) is 13.2 Å². The molecule has 0 fully saturated rings. The molecule has 0 heterocycles. The van der Waals surface area contributed by atoms with Crippen molar-refractivity contribution in [3.8, 4) is 0 Å². The molecule has 574 valence electrons. The average molecular weight is 1340 g/mol. The fraction of sp³-hybridized carbons (Fsp3) is 0.933. The van der Waals surface area contributed by atoms with Crippen LogP contribution in [0.25, 0.3) is 0 Å². The molecule has 0 aliphatic carbocycles. The molecule has 0 unspecified atom stereocenters. The smallest absolute Gasteiger partial charge is 0.333 e. The molecule has 94 heavy (non-hydrogen) atoms. The lowest BCUT2D eigenvalue weighted by molar-refractivity contribution is -0.147. The van der Waals surface area contributed by atoms with Gasteiger partial charge in [-0.05, 0) is 13.8 Å². The van der Waals surface area contributed by atoms with E-state index in [2.05, 4.69) is 133 Å². The van der Waals surface area contributed by atoms with Crippen LogP contribution in [0.1, 0.15) is 536 Å². The summed E-state index contributed by atoms with van der Waals surface area (Å²) in [6.07, 6.45) is 91.7. The Morgan fingerprint density at radius 2 is 0.245 bits per heavy atom. The zero-order valence-electron chi connectivity index (χ0n) is 69.7. The van der Waals surface area contributed by atoms with Gasteiger partial charge in [-0.15, -0.1) is 0 Å². The molecule has 0 bridgehead atoms. The summed E-state index contributed by atoms with van der Waals surface area (Å²) in [6.45, 7) is 46.3. The fourth-order valence-electron chi connectivity index (χ4n) is 10.2. The highest BCUT2D eigenvalue weighted by molar-refractivity contribution is 5.87. The van der Waals surface area contributed by atoms with Crippen molar-refractivity contribution in [1.29, 1.82) is 0 Å². The van der Waals surface area contributed by atoms with E-state index >= 15 is 0 Å². The fourth-order valence-corrected chi connectivity index (χ4v) is 10.2. The van der Waals surface area contributed by atoms with E-state index in [0.29, 0.717) is 11.1 Å². The topological polar surface area (TPSA) is 52.6 Å². The Bertz CT molecular complexity index is 924. The molecule has 0 N–H and O–H groups in total. The van der Waals surface area contributed by atoms with Gasteiger partial charge in [-0.1, -0.05) is 535 Å². The number of ether oxygens (including phenoxy) is 2. The highest BCUT2D eigenvalue weighted by Gasteiger charge is 2.05. The largest absolute Gasteiger partial charge is 0.459 e. The van der Waals surface area contributed by atoms with Crippen molar-refractivity contribution in [3.63, 3.8) is 0 Å². The van der Waals surface area contributed by atoms with Gasteiger partial charge >= 0.3 is 11.9 Å². The number of unbranched alkanes of at least 4 members (excludes halogenated alkanes) is 56. The Kier molecular flexibility index (Phi) is 144. The summed E-state index contributed by atoms with van der Waals surface area (Å²) in [5.41, 5.74) is 0.632. The Hall–Kier alpha value is -1.58. The highest BCUT2D eigenvalue weighted by atomic mass is 16.6. The first-order valence-corrected chi connectivity index (χ1v) is 43.4. The Morgan fingerprint density at radius 1 is 0.170 bits per heavy atom. The van der Waals surface area contributed by atoms with Crippen molar-refractivity contribution < 1.29 is 19.1 Å². The molecular formula is C90H190O4. The number of carbonyl (C=O) groups is 2. The van der Waals surface area contributed by atoms with Crippen molar-refractivity contribution in [3.05, 3.63) is 24.3 Å². The van der Waals surface area contributed by atoms with Crippen LogP contribution in [0.3, 0.4) is 0 Å². The van der Waals surface area contributed by atoms with Gasteiger partial charge in [0.05, 0.1) is 0 Å². The lowest BCUT2D eigenvalue weighted by Gasteiger charge is -2.05. The lowest BCUT2D eigenvalue weighted by Crippen LogP contribution is -2.14. The van der Waals surface area contributed by atoms with Crippen molar-refractivity contribution >= 4 is 11.9 Å². The maximum atomic E-state index is 10.8. The van der Waals surface area contributed by atoms with E-state index in [9.17, 15) is 9.59 Å². The second-order valence-corrected chi connectivity index (χ2v) is 27.8. The second kappa shape index (κ2) is 122. The molecule has 0 amide bonds. The first kappa shape index (κ1) is 111. The van der Waals surface area contributed by atoms with Gasteiger partial charge in [-0.25, -0.2) is 9.59 Å². The molecule has 0 radical (unpaired) electrons. The first-order valence-electron chi connectivity index (χ1n) is 43.4. The van der Waals surface area contributed by atoms with Gasteiger partial charge in [0.1, 0.15) is 13.2 Å². The number of hydrogen-bond donors (Lipinski definition) is 0. The van der Waals surface area contributed by atoms with Gasteiger partial charge in [0.2, 0.25) is 0 Å². The quantitative estimate of drug-likeness (QED) is 0.0346. The van der Waals surface area contributed by atoms with Crippen molar-refractivity contribution in [1.82, 2.24) is 0 Å². The average Bonchev–Trinajstić information content (AvgIpc) is 3.65. The van der Waals surface area contributed by atoms with E-state index in [-0.39, 0.29) is 13.2 Å². The summed E-state index contributed by atoms with van der Waals surface area (Å²) in [5.74, 6) is -0.979.